The van der Waals surface area contributed by atoms with Crippen LogP contribution >= 0.6 is 11.6 Å². The molecule has 2 aromatic heterocycles. The highest BCUT2D eigenvalue weighted by atomic mass is 35.5. The minimum atomic E-state index is -0.0775. The summed E-state index contributed by atoms with van der Waals surface area (Å²) < 4.78 is 6.16. The Hall–Kier alpha value is -2.11. The van der Waals surface area contributed by atoms with Gasteiger partial charge in [0, 0.05) is 28.3 Å². The fraction of sp³-hybridized carbons (Fsp3) is 0.429. The van der Waals surface area contributed by atoms with Gasteiger partial charge in [0.25, 0.3) is 0 Å². The Morgan fingerprint density at radius 1 is 1.22 bits per heavy atom. The Morgan fingerprint density at radius 2 is 2.00 bits per heavy atom. The first-order chi connectivity index (χ1) is 12.8. The minimum Gasteiger partial charge on any atom is -0.487 e. The second-order valence-electron chi connectivity index (χ2n) is 7.84. The van der Waals surface area contributed by atoms with E-state index in [-0.39, 0.29) is 12.0 Å². The van der Waals surface area contributed by atoms with Crippen LogP contribution in [0.15, 0.2) is 24.3 Å². The molecule has 3 aromatic rings. The van der Waals surface area contributed by atoms with Gasteiger partial charge in [0.1, 0.15) is 12.4 Å². The molecule has 0 fully saturated rings. The zero-order chi connectivity index (χ0) is 19.6. The normalized spacial score (nSPS) is 11.9. The van der Waals surface area contributed by atoms with Crippen molar-refractivity contribution in [2.75, 3.05) is 6.61 Å². The number of aliphatic hydroxyl groups is 1. The van der Waals surface area contributed by atoms with Crippen LogP contribution in [0.5, 0.6) is 5.75 Å². The van der Waals surface area contributed by atoms with Crippen molar-refractivity contribution in [1.29, 1.82) is 0 Å². The molecule has 0 amide bonds. The summed E-state index contributed by atoms with van der Waals surface area (Å²) in [5, 5.41) is 18.0. The highest BCUT2D eigenvalue weighted by molar-refractivity contribution is 6.31. The van der Waals surface area contributed by atoms with Gasteiger partial charge in [0.2, 0.25) is 0 Å². The predicted octanol–water partition coefficient (Wildman–Crippen LogP) is 4.72. The average Bonchev–Trinajstić information content (AvgIpc) is 3.02. The van der Waals surface area contributed by atoms with Crippen molar-refractivity contribution in [2.45, 2.75) is 52.6 Å². The van der Waals surface area contributed by atoms with Gasteiger partial charge in [-0.1, -0.05) is 32.4 Å². The summed E-state index contributed by atoms with van der Waals surface area (Å²) in [5.41, 5.74) is 4.48. The Balaban J connectivity index is 1.84. The number of hydrogen-bond donors (Lipinski definition) is 2. The van der Waals surface area contributed by atoms with Crippen LogP contribution in [0.1, 0.15) is 49.7 Å². The molecule has 0 saturated heterocycles. The molecule has 0 saturated carbocycles. The number of aryl methyl sites for hydroxylation is 2. The van der Waals surface area contributed by atoms with Crippen LogP contribution in [0.2, 0.25) is 5.02 Å². The highest BCUT2D eigenvalue weighted by Crippen LogP contribution is 2.36. The number of halogens is 1. The number of hydrogen-bond acceptors (Lipinski definition) is 4. The molecule has 0 atom stereocenters. The van der Waals surface area contributed by atoms with Crippen molar-refractivity contribution in [1.82, 2.24) is 15.2 Å². The minimum absolute atomic E-state index is 0.0775. The maximum Gasteiger partial charge on any atom is 0.181 e. The van der Waals surface area contributed by atoms with Crippen LogP contribution < -0.4 is 4.74 Å². The summed E-state index contributed by atoms with van der Waals surface area (Å²) >= 11 is 6.33. The molecule has 0 aliphatic carbocycles. The van der Waals surface area contributed by atoms with Crippen LogP contribution in [0.3, 0.4) is 0 Å². The van der Waals surface area contributed by atoms with Gasteiger partial charge in [-0.15, -0.1) is 0 Å². The van der Waals surface area contributed by atoms with Gasteiger partial charge < -0.3 is 9.84 Å². The van der Waals surface area contributed by atoms with E-state index in [4.69, 9.17) is 21.4 Å². The number of nitrogens with zero attached hydrogens (tertiary/aromatic N) is 2. The molecule has 1 aromatic carbocycles. The van der Waals surface area contributed by atoms with Gasteiger partial charge in [0.15, 0.2) is 5.65 Å². The first kappa shape index (κ1) is 19.6. The molecule has 144 valence electrons. The first-order valence-corrected chi connectivity index (χ1v) is 9.54. The predicted molar refractivity (Wildman–Crippen MR) is 109 cm³/mol. The number of aliphatic hydroxyl groups excluding tert-OH is 1. The summed E-state index contributed by atoms with van der Waals surface area (Å²) in [4.78, 5) is 4.54. The molecular weight excluding hydrogens is 362 g/mol. The number of aromatic amines is 1. The van der Waals surface area contributed by atoms with Crippen molar-refractivity contribution in [3.05, 3.63) is 51.8 Å². The Bertz CT molecular complexity index is 944. The quantitative estimate of drug-likeness (QED) is 0.641. The summed E-state index contributed by atoms with van der Waals surface area (Å²) in [6.07, 6.45) is 1.44. The van der Waals surface area contributed by atoms with E-state index in [9.17, 15) is 0 Å². The van der Waals surface area contributed by atoms with Crippen molar-refractivity contribution < 1.29 is 9.84 Å². The SMILES string of the molecule is Cc1cc(OCc2[nH]nc3nc(CCCO)ccc23)c(C(C)(C)C)cc1Cl. The van der Waals surface area contributed by atoms with Gasteiger partial charge >= 0.3 is 0 Å². The second kappa shape index (κ2) is 7.87. The molecule has 0 aliphatic rings. The van der Waals surface area contributed by atoms with E-state index in [1.165, 1.54) is 0 Å². The molecule has 27 heavy (non-hydrogen) atoms. The average molecular weight is 388 g/mol. The van der Waals surface area contributed by atoms with E-state index in [0.717, 1.165) is 45.1 Å². The third-order valence-electron chi connectivity index (χ3n) is 4.59. The van der Waals surface area contributed by atoms with E-state index < -0.39 is 0 Å². The topological polar surface area (TPSA) is 71.0 Å². The van der Waals surface area contributed by atoms with Crippen molar-refractivity contribution >= 4 is 22.6 Å². The molecule has 0 radical (unpaired) electrons. The van der Waals surface area contributed by atoms with Crippen LogP contribution in [0, 0.1) is 6.92 Å². The summed E-state index contributed by atoms with van der Waals surface area (Å²) in [7, 11) is 0. The molecule has 0 spiro atoms. The lowest BCUT2D eigenvalue weighted by Crippen LogP contribution is -2.14. The second-order valence-corrected chi connectivity index (χ2v) is 8.25. The fourth-order valence-electron chi connectivity index (χ4n) is 3.01. The number of rotatable bonds is 6. The van der Waals surface area contributed by atoms with E-state index in [1.54, 1.807) is 0 Å². The smallest absolute Gasteiger partial charge is 0.181 e. The van der Waals surface area contributed by atoms with Crippen LogP contribution in [-0.2, 0) is 18.4 Å². The Labute approximate surface area is 164 Å². The molecule has 0 unspecified atom stereocenters. The van der Waals surface area contributed by atoms with E-state index in [1.807, 2.05) is 31.2 Å². The molecule has 0 aliphatic heterocycles. The number of nitrogens with one attached hydrogen (secondary N) is 1. The fourth-order valence-corrected chi connectivity index (χ4v) is 3.17. The monoisotopic (exact) mass is 387 g/mol. The van der Waals surface area contributed by atoms with Crippen LogP contribution in [0.4, 0.5) is 0 Å². The number of pyridine rings is 1. The number of benzene rings is 1. The number of fused-ring (bicyclic) bond motifs is 1. The summed E-state index contributed by atoms with van der Waals surface area (Å²) in [5.74, 6) is 0.833. The Kier molecular flexibility index (Phi) is 5.72. The molecule has 6 heteroatoms. The van der Waals surface area contributed by atoms with E-state index in [2.05, 4.69) is 36.0 Å². The maximum atomic E-state index is 8.96. The van der Waals surface area contributed by atoms with Gasteiger partial charge in [-0.3, -0.25) is 5.10 Å². The summed E-state index contributed by atoms with van der Waals surface area (Å²) in [6.45, 7) is 8.94. The van der Waals surface area contributed by atoms with E-state index in [0.29, 0.717) is 18.7 Å². The van der Waals surface area contributed by atoms with Gasteiger partial charge in [-0.05, 0) is 55.0 Å². The van der Waals surface area contributed by atoms with Gasteiger partial charge in [-0.25, -0.2) is 4.98 Å². The number of ether oxygens (including phenoxy) is 1. The largest absolute Gasteiger partial charge is 0.487 e. The number of H-pyrrole nitrogens is 1. The van der Waals surface area contributed by atoms with Gasteiger partial charge in [0.05, 0.1) is 5.69 Å². The van der Waals surface area contributed by atoms with Crippen molar-refractivity contribution in [3.8, 4) is 5.75 Å². The Morgan fingerprint density at radius 3 is 2.70 bits per heavy atom. The zero-order valence-electron chi connectivity index (χ0n) is 16.3. The maximum absolute atomic E-state index is 8.96. The summed E-state index contributed by atoms with van der Waals surface area (Å²) in [6, 6.07) is 7.97. The molecule has 0 bridgehead atoms. The third-order valence-corrected chi connectivity index (χ3v) is 4.99. The molecule has 5 nitrogen and oxygen atoms in total. The first-order valence-electron chi connectivity index (χ1n) is 9.16. The lowest BCUT2D eigenvalue weighted by molar-refractivity contribution is 0.288. The lowest BCUT2D eigenvalue weighted by Gasteiger charge is -2.23. The molecular formula is C21H26ClN3O2. The van der Waals surface area contributed by atoms with Crippen molar-refractivity contribution in [2.24, 2.45) is 0 Å². The van der Waals surface area contributed by atoms with Gasteiger partial charge in [-0.2, -0.15) is 5.10 Å². The molecule has 2 N–H and O–H groups in total. The standard InChI is InChI=1S/C21H26ClN3O2/c1-13-10-19(16(11-17(13)22)21(2,3)4)27-12-18-15-8-7-14(6-5-9-26)23-20(15)25-24-18/h7-8,10-11,26H,5-6,9,12H2,1-4H3,(H,23,24,25). The molecule has 2 heterocycles. The zero-order valence-corrected chi connectivity index (χ0v) is 17.0. The third kappa shape index (κ3) is 4.42. The lowest BCUT2D eigenvalue weighted by atomic mass is 9.86. The van der Waals surface area contributed by atoms with Crippen LogP contribution in [0.25, 0.3) is 11.0 Å². The van der Waals surface area contributed by atoms with E-state index >= 15 is 0 Å². The number of aromatic nitrogens is 3. The van der Waals surface area contributed by atoms with Crippen molar-refractivity contribution in [3.63, 3.8) is 0 Å². The highest BCUT2D eigenvalue weighted by Gasteiger charge is 2.21. The molecule has 3 rings (SSSR count). The van der Waals surface area contributed by atoms with Crippen LogP contribution in [-0.4, -0.2) is 26.9 Å².